The first-order valence-corrected chi connectivity index (χ1v) is 10.9. The van der Waals surface area contributed by atoms with Crippen molar-refractivity contribution in [1.82, 2.24) is 15.3 Å². The molecule has 30 heavy (non-hydrogen) atoms. The van der Waals surface area contributed by atoms with Crippen LogP contribution < -0.4 is 10.2 Å². The number of hydrogen-bond acceptors (Lipinski definition) is 6. The Morgan fingerprint density at radius 1 is 1.23 bits per heavy atom. The van der Waals surface area contributed by atoms with Gasteiger partial charge in [0, 0.05) is 25.6 Å². The Bertz CT molecular complexity index is 892. The van der Waals surface area contributed by atoms with Crippen LogP contribution in [0.25, 0.3) is 0 Å². The number of ether oxygens (including phenoxy) is 1. The Kier molecular flexibility index (Phi) is 6.31. The summed E-state index contributed by atoms with van der Waals surface area (Å²) in [6.45, 7) is 8.57. The highest BCUT2D eigenvalue weighted by Gasteiger charge is 2.25. The molecule has 2 aromatic rings. The summed E-state index contributed by atoms with van der Waals surface area (Å²) in [5.74, 6) is 2.30. The molecule has 1 atom stereocenters. The minimum Gasteiger partial charge on any atom is -0.477 e. The monoisotopic (exact) mass is 406 g/mol. The maximum absolute atomic E-state index is 12.8. The summed E-state index contributed by atoms with van der Waals surface area (Å²) < 4.78 is 5.36. The normalized spacial score (nSPS) is 18.0. The second-order valence-electron chi connectivity index (χ2n) is 8.35. The van der Waals surface area contributed by atoms with E-state index in [9.17, 15) is 4.79 Å². The highest BCUT2D eigenvalue weighted by Crippen LogP contribution is 2.31. The maximum atomic E-state index is 12.8. The van der Waals surface area contributed by atoms with E-state index in [1.54, 1.807) is 0 Å². The zero-order valence-electron chi connectivity index (χ0n) is 17.6. The van der Waals surface area contributed by atoms with Crippen LogP contribution in [0.4, 0.5) is 5.82 Å². The van der Waals surface area contributed by atoms with Crippen LogP contribution in [0.3, 0.4) is 0 Å². The first-order valence-electron chi connectivity index (χ1n) is 10.9. The van der Waals surface area contributed by atoms with E-state index in [0.29, 0.717) is 24.6 Å². The largest absolute Gasteiger partial charge is 0.477 e. The smallest absolute Gasteiger partial charge is 0.185 e. The van der Waals surface area contributed by atoms with E-state index in [4.69, 9.17) is 4.74 Å². The number of hydrogen-bond donors (Lipinski definition) is 1. The van der Waals surface area contributed by atoms with Crippen LogP contribution in [0.5, 0.6) is 0 Å². The zero-order chi connectivity index (χ0) is 20.9. The lowest BCUT2D eigenvalue weighted by molar-refractivity contribution is 0.0988. The van der Waals surface area contributed by atoms with Gasteiger partial charge in [0.15, 0.2) is 11.7 Å². The van der Waals surface area contributed by atoms with E-state index in [2.05, 4.69) is 45.8 Å². The third-order valence-electron chi connectivity index (χ3n) is 5.62. The van der Waals surface area contributed by atoms with Crippen LogP contribution in [-0.4, -0.2) is 41.5 Å². The summed E-state index contributed by atoms with van der Waals surface area (Å²) in [7, 11) is 0. The molecule has 6 heteroatoms. The number of aromatic nitrogens is 2. The molecule has 1 aliphatic heterocycles. The fourth-order valence-electron chi connectivity index (χ4n) is 3.83. The van der Waals surface area contributed by atoms with Gasteiger partial charge in [0.05, 0.1) is 6.04 Å². The number of anilines is 1. The average Bonchev–Trinajstić information content (AvgIpc) is 3.48. The summed E-state index contributed by atoms with van der Waals surface area (Å²) in [4.78, 5) is 23.8. The minimum atomic E-state index is 0.0245. The second-order valence-corrected chi connectivity index (χ2v) is 8.35. The van der Waals surface area contributed by atoms with Gasteiger partial charge in [-0.1, -0.05) is 31.2 Å². The number of rotatable bonds is 10. The third kappa shape index (κ3) is 5.38. The Balaban J connectivity index is 1.37. The van der Waals surface area contributed by atoms with Crippen molar-refractivity contribution in [2.45, 2.75) is 45.1 Å². The van der Waals surface area contributed by atoms with Crippen LogP contribution >= 0.6 is 0 Å². The summed E-state index contributed by atoms with van der Waals surface area (Å²) in [5.41, 5.74) is 2.70. The number of carbonyl (C=O) groups is 1. The molecule has 1 aliphatic carbocycles. The highest BCUT2D eigenvalue weighted by atomic mass is 16.5. The molecule has 2 heterocycles. The third-order valence-corrected chi connectivity index (χ3v) is 5.62. The van der Waals surface area contributed by atoms with Crippen molar-refractivity contribution in [2.75, 3.05) is 24.6 Å². The first kappa shape index (κ1) is 20.4. The molecule has 2 aliphatic rings. The van der Waals surface area contributed by atoms with Gasteiger partial charge in [-0.05, 0) is 49.3 Å². The molecule has 1 N–H and O–H groups in total. The van der Waals surface area contributed by atoms with Crippen molar-refractivity contribution in [3.05, 3.63) is 65.9 Å². The molecular weight excluding hydrogens is 376 g/mol. The second kappa shape index (κ2) is 9.28. The molecule has 0 amide bonds. The molecule has 1 saturated carbocycles. The maximum Gasteiger partial charge on any atom is 0.185 e. The lowest BCUT2D eigenvalue weighted by Crippen LogP contribution is -2.27. The Morgan fingerprint density at radius 2 is 2.00 bits per heavy atom. The topological polar surface area (TPSA) is 67.4 Å². The van der Waals surface area contributed by atoms with Gasteiger partial charge >= 0.3 is 0 Å². The molecule has 0 radical (unpaired) electrons. The number of ketones is 1. The van der Waals surface area contributed by atoms with E-state index in [1.807, 2.05) is 18.2 Å². The summed E-state index contributed by atoms with van der Waals surface area (Å²) >= 11 is 0. The van der Waals surface area contributed by atoms with Gasteiger partial charge in [0.2, 0.25) is 0 Å². The predicted octanol–water partition coefficient (Wildman–Crippen LogP) is 3.53. The number of nitrogens with one attached hydrogen (secondary N) is 1. The van der Waals surface area contributed by atoms with Gasteiger partial charge in [-0.3, -0.25) is 4.79 Å². The van der Waals surface area contributed by atoms with Crippen molar-refractivity contribution in [3.63, 3.8) is 0 Å². The van der Waals surface area contributed by atoms with Gasteiger partial charge in [0.25, 0.3) is 0 Å². The lowest BCUT2D eigenvalue weighted by Gasteiger charge is -2.23. The van der Waals surface area contributed by atoms with Gasteiger partial charge in [0.1, 0.15) is 24.4 Å². The fraction of sp³-hybridized carbons (Fsp3) is 0.458. The average molecular weight is 407 g/mol. The van der Waals surface area contributed by atoms with Crippen molar-refractivity contribution in [1.29, 1.82) is 0 Å². The molecule has 2 fully saturated rings. The van der Waals surface area contributed by atoms with Gasteiger partial charge < -0.3 is 15.0 Å². The molecule has 1 aromatic heterocycles. The quantitative estimate of drug-likeness (QED) is 0.609. The van der Waals surface area contributed by atoms with E-state index < -0.39 is 0 Å². The van der Waals surface area contributed by atoms with E-state index in [0.717, 1.165) is 43.2 Å². The molecule has 158 valence electrons. The standard InChI is InChI=1S/C24H30N4O2/c1-3-10-28(14-20-8-9-20)24-13-22(25-16-26-24)23(29)12-19-6-4-18(5-7-19)11-21-15-30-17(2)27-21/h4-7,13,16,20-21,27H,2-3,8-12,14-15H2,1H3. The Hall–Kier alpha value is -2.89. The van der Waals surface area contributed by atoms with Crippen molar-refractivity contribution in [3.8, 4) is 0 Å². The number of Topliss-reactive ketones (excluding diaryl/α,β-unsaturated/α-hetero) is 1. The molecule has 6 nitrogen and oxygen atoms in total. The molecular formula is C24H30N4O2. The number of benzene rings is 1. The minimum absolute atomic E-state index is 0.0245. The summed E-state index contributed by atoms with van der Waals surface area (Å²) in [6.07, 6.45) is 6.39. The van der Waals surface area contributed by atoms with Gasteiger partial charge in [-0.25, -0.2) is 9.97 Å². The van der Waals surface area contributed by atoms with E-state index >= 15 is 0 Å². The molecule has 1 aromatic carbocycles. The Labute approximate surface area is 178 Å². The van der Waals surface area contributed by atoms with Gasteiger partial charge in [-0.15, -0.1) is 0 Å². The fourth-order valence-corrected chi connectivity index (χ4v) is 3.83. The van der Waals surface area contributed by atoms with Crippen molar-refractivity contribution >= 4 is 11.6 Å². The summed E-state index contributed by atoms with van der Waals surface area (Å²) in [5, 5.41) is 3.22. The van der Waals surface area contributed by atoms with Crippen LogP contribution in [0, 0.1) is 5.92 Å². The van der Waals surface area contributed by atoms with Crippen molar-refractivity contribution in [2.24, 2.45) is 5.92 Å². The molecule has 4 rings (SSSR count). The predicted molar refractivity (Wildman–Crippen MR) is 117 cm³/mol. The molecule has 0 spiro atoms. The van der Waals surface area contributed by atoms with E-state index in [-0.39, 0.29) is 11.8 Å². The SMILES string of the molecule is C=C1NC(Cc2ccc(CC(=O)c3cc(N(CCC)CC4CC4)ncn3)cc2)CO1. The number of nitrogens with zero attached hydrogens (tertiary/aromatic N) is 3. The van der Waals surface area contributed by atoms with Crippen LogP contribution in [-0.2, 0) is 17.6 Å². The van der Waals surface area contributed by atoms with Gasteiger partial charge in [-0.2, -0.15) is 0 Å². The molecule has 0 bridgehead atoms. The number of carbonyl (C=O) groups excluding carboxylic acids is 1. The zero-order valence-corrected chi connectivity index (χ0v) is 17.6. The van der Waals surface area contributed by atoms with E-state index in [1.165, 1.54) is 24.7 Å². The lowest BCUT2D eigenvalue weighted by atomic mass is 10.0. The Morgan fingerprint density at radius 3 is 2.67 bits per heavy atom. The van der Waals surface area contributed by atoms with Crippen molar-refractivity contribution < 1.29 is 9.53 Å². The van der Waals surface area contributed by atoms with Crippen LogP contribution in [0.1, 0.15) is 47.8 Å². The van der Waals surface area contributed by atoms with Crippen LogP contribution in [0.2, 0.25) is 0 Å². The summed E-state index contributed by atoms with van der Waals surface area (Å²) in [6, 6.07) is 10.3. The highest BCUT2D eigenvalue weighted by molar-refractivity contribution is 5.96. The first-order chi connectivity index (χ1) is 14.6. The van der Waals surface area contributed by atoms with Crippen LogP contribution in [0.15, 0.2) is 49.1 Å². The molecule has 1 saturated heterocycles. The molecule has 1 unspecified atom stereocenters.